The monoisotopic (exact) mass is 300 g/mol. The van der Waals surface area contributed by atoms with Gasteiger partial charge in [-0.2, -0.15) is 0 Å². The zero-order valence-corrected chi connectivity index (χ0v) is 13.1. The van der Waals surface area contributed by atoms with Crippen LogP contribution in [0.4, 0.5) is 5.69 Å². The van der Waals surface area contributed by atoms with Gasteiger partial charge in [-0.05, 0) is 49.9 Å². The second-order valence-electron chi connectivity index (χ2n) is 5.75. The number of hydrogen-bond donors (Lipinski definition) is 1. The largest absolute Gasteiger partial charge is 0.494 e. The smallest absolute Gasteiger partial charge is 0.256 e. The molecule has 0 saturated heterocycles. The van der Waals surface area contributed by atoms with E-state index in [1.54, 1.807) is 20.4 Å². The highest BCUT2D eigenvalue weighted by molar-refractivity contribution is 6.05. The molecular weight excluding hydrogens is 280 g/mol. The average Bonchev–Trinajstić information content (AvgIpc) is 3.39. The van der Waals surface area contributed by atoms with Crippen LogP contribution in [0.15, 0.2) is 30.5 Å². The van der Waals surface area contributed by atoms with Gasteiger partial charge >= 0.3 is 0 Å². The topological polar surface area (TPSA) is 60.5 Å². The Hall–Kier alpha value is -2.14. The molecule has 1 aliphatic carbocycles. The van der Waals surface area contributed by atoms with Crippen molar-refractivity contribution in [1.82, 2.24) is 4.98 Å². The van der Waals surface area contributed by atoms with Gasteiger partial charge in [-0.15, -0.1) is 0 Å². The zero-order valence-electron chi connectivity index (χ0n) is 13.1. The summed E-state index contributed by atoms with van der Waals surface area (Å²) in [5.41, 5.74) is 0.667. The van der Waals surface area contributed by atoms with E-state index in [1.807, 2.05) is 31.2 Å². The number of aromatic nitrogens is 1. The van der Waals surface area contributed by atoms with E-state index in [0.29, 0.717) is 11.7 Å². The minimum absolute atomic E-state index is 0.118. The van der Waals surface area contributed by atoms with Crippen molar-refractivity contribution in [3.05, 3.63) is 30.5 Å². The van der Waals surface area contributed by atoms with Crippen LogP contribution < -0.4 is 10.1 Å². The lowest BCUT2D eigenvalue weighted by Gasteiger charge is -2.27. The van der Waals surface area contributed by atoms with Gasteiger partial charge in [0.1, 0.15) is 16.9 Å². The predicted octanol–water partition coefficient (Wildman–Crippen LogP) is 3.00. The number of pyridine rings is 1. The first-order valence-electron chi connectivity index (χ1n) is 7.38. The van der Waals surface area contributed by atoms with E-state index in [1.165, 1.54) is 0 Å². The average molecular weight is 300 g/mol. The van der Waals surface area contributed by atoms with E-state index < -0.39 is 5.60 Å². The number of fused-ring (bicyclic) bond motifs is 1. The first-order chi connectivity index (χ1) is 10.6. The van der Waals surface area contributed by atoms with Gasteiger partial charge in [-0.1, -0.05) is 0 Å². The lowest BCUT2D eigenvalue weighted by Crippen LogP contribution is -2.44. The van der Waals surface area contributed by atoms with E-state index in [4.69, 9.17) is 9.47 Å². The van der Waals surface area contributed by atoms with E-state index >= 15 is 0 Å². The molecule has 0 spiro atoms. The molecule has 1 aliphatic rings. The molecule has 1 N–H and O–H groups in total. The van der Waals surface area contributed by atoms with Crippen LogP contribution >= 0.6 is 0 Å². The van der Waals surface area contributed by atoms with Gasteiger partial charge in [-0.25, -0.2) is 0 Å². The number of nitrogens with zero attached hydrogens (tertiary/aromatic N) is 1. The normalized spacial score (nSPS) is 17.0. The molecule has 1 heterocycles. The Bertz CT molecular complexity index is 712. The van der Waals surface area contributed by atoms with Crippen molar-refractivity contribution in [2.24, 2.45) is 5.92 Å². The van der Waals surface area contributed by atoms with Crippen LogP contribution in [0.25, 0.3) is 10.9 Å². The maximum absolute atomic E-state index is 12.7. The molecule has 0 radical (unpaired) electrons. The second kappa shape index (κ2) is 5.57. The van der Waals surface area contributed by atoms with E-state index in [9.17, 15) is 4.79 Å². The Morgan fingerprint density at radius 1 is 1.32 bits per heavy atom. The molecule has 1 amide bonds. The first kappa shape index (κ1) is 14.8. The summed E-state index contributed by atoms with van der Waals surface area (Å²) in [4.78, 5) is 17.0. The summed E-state index contributed by atoms with van der Waals surface area (Å²) in [6, 6.07) is 7.41. The third kappa shape index (κ3) is 2.41. The quantitative estimate of drug-likeness (QED) is 0.922. The van der Waals surface area contributed by atoms with Crippen LogP contribution in [-0.2, 0) is 9.53 Å². The number of amides is 1. The van der Waals surface area contributed by atoms with Gasteiger partial charge < -0.3 is 14.8 Å². The van der Waals surface area contributed by atoms with Gasteiger partial charge in [0.25, 0.3) is 5.91 Å². The molecule has 116 valence electrons. The van der Waals surface area contributed by atoms with Crippen molar-refractivity contribution in [3.63, 3.8) is 0 Å². The van der Waals surface area contributed by atoms with E-state index in [0.717, 1.165) is 29.4 Å². The molecule has 0 bridgehead atoms. The minimum atomic E-state index is -0.783. The van der Waals surface area contributed by atoms with Gasteiger partial charge in [0.05, 0.1) is 12.8 Å². The van der Waals surface area contributed by atoms with Gasteiger partial charge in [0.15, 0.2) is 0 Å². The van der Waals surface area contributed by atoms with Gasteiger partial charge in [-0.3, -0.25) is 9.78 Å². The molecule has 1 aromatic carbocycles. The maximum atomic E-state index is 12.7. The number of nitrogens with one attached hydrogen (secondary N) is 1. The summed E-state index contributed by atoms with van der Waals surface area (Å²) in [5.74, 6) is 0.859. The number of carbonyl (C=O) groups is 1. The fraction of sp³-hybridized carbons (Fsp3) is 0.412. The lowest BCUT2D eigenvalue weighted by molar-refractivity contribution is -0.138. The molecule has 1 atom stereocenters. The SMILES string of the molecule is COc1ccc(NC(=O)[C@@](C)(OC)C2CC2)c2cccnc12. The first-order valence-corrected chi connectivity index (χ1v) is 7.38. The molecule has 1 aromatic heterocycles. The van der Waals surface area contributed by atoms with E-state index in [2.05, 4.69) is 10.3 Å². The molecule has 3 rings (SSSR count). The molecule has 1 saturated carbocycles. The van der Waals surface area contributed by atoms with Crippen LogP contribution in [0.3, 0.4) is 0 Å². The number of carbonyl (C=O) groups excluding carboxylic acids is 1. The van der Waals surface area contributed by atoms with Crippen LogP contribution in [0.1, 0.15) is 19.8 Å². The molecule has 0 unspecified atom stereocenters. The van der Waals surface area contributed by atoms with Gasteiger partial charge in [0, 0.05) is 18.7 Å². The van der Waals surface area contributed by atoms with Crippen LogP contribution in [0.2, 0.25) is 0 Å². The molecule has 0 aliphatic heterocycles. The van der Waals surface area contributed by atoms with Crippen molar-refractivity contribution in [1.29, 1.82) is 0 Å². The fourth-order valence-corrected chi connectivity index (χ4v) is 2.75. The Kier molecular flexibility index (Phi) is 3.74. The lowest BCUT2D eigenvalue weighted by atomic mass is 9.98. The molecule has 1 fully saturated rings. The van der Waals surface area contributed by atoms with Crippen LogP contribution in [0, 0.1) is 5.92 Å². The minimum Gasteiger partial charge on any atom is -0.494 e. The number of benzene rings is 1. The number of rotatable bonds is 5. The standard InChI is InChI=1S/C17H20N2O3/c1-17(22-3,11-6-7-11)16(20)19-13-8-9-14(21-2)15-12(13)5-4-10-18-15/h4-5,8-11H,6-7H2,1-3H3,(H,19,20)/t17-/m0/s1. The summed E-state index contributed by atoms with van der Waals surface area (Å²) in [6.45, 7) is 1.85. The molecule has 5 heteroatoms. The highest BCUT2D eigenvalue weighted by Crippen LogP contribution is 2.42. The Morgan fingerprint density at radius 2 is 2.09 bits per heavy atom. The van der Waals surface area contributed by atoms with E-state index in [-0.39, 0.29) is 5.91 Å². The van der Waals surface area contributed by atoms with Crippen molar-refractivity contribution in [3.8, 4) is 5.75 Å². The fourth-order valence-electron chi connectivity index (χ4n) is 2.75. The van der Waals surface area contributed by atoms with Crippen LogP contribution in [-0.4, -0.2) is 30.7 Å². The third-order valence-corrected chi connectivity index (χ3v) is 4.43. The Morgan fingerprint density at radius 3 is 2.73 bits per heavy atom. The van der Waals surface area contributed by atoms with Crippen molar-refractivity contribution in [2.75, 3.05) is 19.5 Å². The van der Waals surface area contributed by atoms with Crippen molar-refractivity contribution < 1.29 is 14.3 Å². The number of anilines is 1. The summed E-state index contributed by atoms with van der Waals surface area (Å²) in [6.07, 6.45) is 3.77. The van der Waals surface area contributed by atoms with Crippen molar-refractivity contribution in [2.45, 2.75) is 25.4 Å². The van der Waals surface area contributed by atoms with Crippen molar-refractivity contribution >= 4 is 22.5 Å². The summed E-state index contributed by atoms with van der Waals surface area (Å²) < 4.78 is 10.8. The molecule has 22 heavy (non-hydrogen) atoms. The number of methoxy groups -OCH3 is 2. The highest BCUT2D eigenvalue weighted by Gasteiger charge is 2.47. The molecule has 2 aromatic rings. The summed E-state index contributed by atoms with van der Waals surface area (Å²) in [5, 5.41) is 3.84. The highest BCUT2D eigenvalue weighted by atomic mass is 16.5. The summed E-state index contributed by atoms with van der Waals surface area (Å²) in [7, 11) is 3.20. The predicted molar refractivity (Wildman–Crippen MR) is 85.1 cm³/mol. The third-order valence-electron chi connectivity index (χ3n) is 4.43. The second-order valence-corrected chi connectivity index (χ2v) is 5.75. The Labute approximate surface area is 129 Å². The zero-order chi connectivity index (χ0) is 15.7. The molecule has 5 nitrogen and oxygen atoms in total. The Balaban J connectivity index is 1.96. The number of hydrogen-bond acceptors (Lipinski definition) is 4. The maximum Gasteiger partial charge on any atom is 0.256 e. The molecular formula is C17H20N2O3. The van der Waals surface area contributed by atoms with Crippen LogP contribution in [0.5, 0.6) is 5.75 Å². The van der Waals surface area contributed by atoms with Gasteiger partial charge in [0.2, 0.25) is 0 Å². The number of ether oxygens (including phenoxy) is 2. The summed E-state index contributed by atoms with van der Waals surface area (Å²) >= 11 is 0.